The Labute approximate surface area is 135 Å². The lowest BCUT2D eigenvalue weighted by Crippen LogP contribution is -2.35. The smallest absolute Gasteiger partial charge is 0.267 e. The van der Waals surface area contributed by atoms with Crippen molar-refractivity contribution in [1.82, 2.24) is 5.43 Å². The Bertz CT molecular complexity index is 800. The quantitative estimate of drug-likeness (QED) is 0.685. The van der Waals surface area contributed by atoms with Crippen LogP contribution in [0, 0.1) is 20.8 Å². The molecule has 3 rings (SSSR count). The summed E-state index contributed by atoms with van der Waals surface area (Å²) in [5.41, 5.74) is 7.60. The van der Waals surface area contributed by atoms with Gasteiger partial charge >= 0.3 is 0 Å². The zero-order valence-corrected chi connectivity index (χ0v) is 13.4. The highest BCUT2D eigenvalue weighted by molar-refractivity contribution is 6.31. The number of para-hydroxylation sites is 1. The van der Waals surface area contributed by atoms with Crippen LogP contribution >= 0.6 is 0 Å². The highest BCUT2D eigenvalue weighted by Gasteiger charge is 2.34. The summed E-state index contributed by atoms with van der Waals surface area (Å²) in [7, 11) is 0. The summed E-state index contributed by atoms with van der Waals surface area (Å²) in [5.74, 6) is -0.709. The third kappa shape index (κ3) is 2.75. The molecule has 1 aliphatic rings. The Kier molecular flexibility index (Phi) is 3.74. The second-order valence-electron chi connectivity index (χ2n) is 5.79. The molecule has 0 bridgehead atoms. The molecular weight excluding hydrogens is 288 g/mol. The number of carbonyl (C=O) groups excluding carboxylic acids is 2. The number of benzene rings is 2. The van der Waals surface area contributed by atoms with Crippen molar-refractivity contribution < 1.29 is 9.59 Å². The summed E-state index contributed by atoms with van der Waals surface area (Å²) in [5, 5.41) is 1.28. The minimum atomic E-state index is -0.377. The predicted octanol–water partition coefficient (Wildman–Crippen LogP) is 3.07. The maximum atomic E-state index is 12.6. The molecule has 0 aromatic heterocycles. The van der Waals surface area contributed by atoms with Crippen LogP contribution < -0.4 is 10.4 Å². The minimum absolute atomic E-state index is 0.156. The molecule has 0 saturated carbocycles. The van der Waals surface area contributed by atoms with Crippen LogP contribution in [0.3, 0.4) is 0 Å². The molecule has 4 nitrogen and oxygen atoms in total. The van der Waals surface area contributed by atoms with Crippen molar-refractivity contribution in [3.8, 4) is 0 Å². The Balaban J connectivity index is 2.01. The topological polar surface area (TPSA) is 49.4 Å². The highest BCUT2D eigenvalue weighted by Crippen LogP contribution is 2.24. The molecule has 2 amide bonds. The normalized spacial score (nSPS) is 16.1. The van der Waals surface area contributed by atoms with E-state index in [2.05, 4.69) is 5.43 Å². The number of anilines is 1. The van der Waals surface area contributed by atoms with Crippen molar-refractivity contribution in [3.63, 3.8) is 0 Å². The Morgan fingerprint density at radius 3 is 2.17 bits per heavy atom. The third-order valence-corrected chi connectivity index (χ3v) is 3.93. The summed E-state index contributed by atoms with van der Waals surface area (Å²) >= 11 is 0. The first-order valence-electron chi connectivity index (χ1n) is 7.47. The van der Waals surface area contributed by atoms with Gasteiger partial charge in [0.05, 0.1) is 5.69 Å². The van der Waals surface area contributed by atoms with Gasteiger partial charge in [0.1, 0.15) is 5.57 Å². The van der Waals surface area contributed by atoms with Gasteiger partial charge in [-0.15, -0.1) is 0 Å². The van der Waals surface area contributed by atoms with Gasteiger partial charge in [0, 0.05) is 0 Å². The third-order valence-electron chi connectivity index (χ3n) is 3.93. The fourth-order valence-corrected chi connectivity index (χ4v) is 2.88. The first kappa shape index (κ1) is 15.0. The maximum absolute atomic E-state index is 12.6. The van der Waals surface area contributed by atoms with Gasteiger partial charge in [-0.05, 0) is 55.7 Å². The molecular formula is C19H18N2O2. The van der Waals surface area contributed by atoms with Crippen LogP contribution in [-0.4, -0.2) is 11.8 Å². The number of carbonyl (C=O) groups is 2. The van der Waals surface area contributed by atoms with Crippen LogP contribution in [0.15, 0.2) is 48.0 Å². The van der Waals surface area contributed by atoms with E-state index < -0.39 is 0 Å². The lowest BCUT2D eigenvalue weighted by molar-refractivity contribution is -0.117. The number of nitrogens with zero attached hydrogens (tertiary/aromatic N) is 1. The van der Waals surface area contributed by atoms with E-state index in [1.807, 2.05) is 51.1 Å². The second-order valence-corrected chi connectivity index (χ2v) is 5.79. The molecule has 1 heterocycles. The molecule has 0 radical (unpaired) electrons. The van der Waals surface area contributed by atoms with Gasteiger partial charge in [0.25, 0.3) is 11.8 Å². The first-order valence-corrected chi connectivity index (χ1v) is 7.47. The molecule has 2 aromatic carbocycles. The van der Waals surface area contributed by atoms with Crippen molar-refractivity contribution in [2.75, 3.05) is 5.01 Å². The lowest BCUT2D eigenvalue weighted by Gasteiger charge is -2.14. The number of hydrazine groups is 1. The average molecular weight is 306 g/mol. The van der Waals surface area contributed by atoms with Gasteiger partial charge in [-0.2, -0.15) is 0 Å². The molecule has 116 valence electrons. The number of aryl methyl sites for hydroxylation is 3. The molecule has 23 heavy (non-hydrogen) atoms. The van der Waals surface area contributed by atoms with E-state index in [-0.39, 0.29) is 17.4 Å². The Morgan fingerprint density at radius 2 is 1.57 bits per heavy atom. The van der Waals surface area contributed by atoms with Gasteiger partial charge in [-0.3, -0.25) is 15.0 Å². The summed E-state index contributed by atoms with van der Waals surface area (Å²) in [6.45, 7) is 6.00. The predicted molar refractivity (Wildman–Crippen MR) is 90.7 cm³/mol. The molecule has 0 unspecified atom stereocenters. The van der Waals surface area contributed by atoms with Crippen molar-refractivity contribution >= 4 is 23.6 Å². The molecule has 1 saturated heterocycles. The second kappa shape index (κ2) is 5.72. The van der Waals surface area contributed by atoms with Crippen LogP contribution in [0.4, 0.5) is 5.69 Å². The maximum Gasteiger partial charge on any atom is 0.282 e. The fraction of sp³-hybridized carbons (Fsp3) is 0.158. The van der Waals surface area contributed by atoms with Crippen molar-refractivity contribution in [2.45, 2.75) is 20.8 Å². The number of hydrogen-bond donors (Lipinski definition) is 1. The molecule has 0 aliphatic carbocycles. The minimum Gasteiger partial charge on any atom is -0.267 e. The van der Waals surface area contributed by atoms with Gasteiger partial charge < -0.3 is 0 Å². The Morgan fingerprint density at radius 1 is 0.957 bits per heavy atom. The summed E-state index contributed by atoms with van der Waals surface area (Å²) in [6, 6.07) is 13.2. The van der Waals surface area contributed by atoms with Crippen LogP contribution in [0.5, 0.6) is 0 Å². The average Bonchev–Trinajstić information content (AvgIpc) is 2.79. The van der Waals surface area contributed by atoms with Crippen molar-refractivity contribution in [3.05, 3.63) is 70.3 Å². The number of hydrogen-bond acceptors (Lipinski definition) is 2. The van der Waals surface area contributed by atoms with E-state index in [1.54, 1.807) is 18.2 Å². The largest absolute Gasteiger partial charge is 0.282 e. The number of rotatable bonds is 2. The Hall–Kier alpha value is -2.88. The van der Waals surface area contributed by atoms with Gasteiger partial charge in [-0.1, -0.05) is 35.9 Å². The highest BCUT2D eigenvalue weighted by atomic mass is 16.2. The van der Waals surface area contributed by atoms with Crippen LogP contribution in [-0.2, 0) is 9.59 Å². The molecule has 1 fully saturated rings. The van der Waals surface area contributed by atoms with Gasteiger partial charge in [0.2, 0.25) is 0 Å². The molecule has 0 spiro atoms. The van der Waals surface area contributed by atoms with E-state index in [9.17, 15) is 9.59 Å². The van der Waals surface area contributed by atoms with Crippen LogP contribution in [0.2, 0.25) is 0 Å². The van der Waals surface area contributed by atoms with E-state index in [4.69, 9.17) is 0 Å². The van der Waals surface area contributed by atoms with Gasteiger partial charge in [-0.25, -0.2) is 5.01 Å². The number of amides is 2. The first-order chi connectivity index (χ1) is 11.0. The SMILES string of the molecule is Cc1cc(C)c(/C=C2/C(=O)NN(c3ccccc3)C2=O)c(C)c1. The van der Waals surface area contributed by atoms with Crippen molar-refractivity contribution in [2.24, 2.45) is 0 Å². The number of nitrogens with one attached hydrogen (secondary N) is 1. The molecule has 2 aromatic rings. The molecule has 1 aliphatic heterocycles. The van der Waals surface area contributed by atoms with E-state index in [0.29, 0.717) is 5.69 Å². The molecule has 1 N–H and O–H groups in total. The fourth-order valence-electron chi connectivity index (χ4n) is 2.88. The van der Waals surface area contributed by atoms with Crippen molar-refractivity contribution in [1.29, 1.82) is 0 Å². The lowest BCUT2D eigenvalue weighted by atomic mass is 9.97. The molecule has 4 heteroatoms. The molecule has 0 atom stereocenters. The van der Waals surface area contributed by atoms with Gasteiger partial charge in [0.15, 0.2) is 0 Å². The van der Waals surface area contributed by atoms with Crippen LogP contribution in [0.25, 0.3) is 6.08 Å². The van der Waals surface area contributed by atoms with E-state index in [0.717, 1.165) is 22.3 Å². The monoisotopic (exact) mass is 306 g/mol. The van der Waals surface area contributed by atoms with E-state index in [1.165, 1.54) is 5.01 Å². The zero-order valence-electron chi connectivity index (χ0n) is 13.4. The van der Waals surface area contributed by atoms with Crippen LogP contribution in [0.1, 0.15) is 22.3 Å². The zero-order chi connectivity index (χ0) is 16.6. The van der Waals surface area contributed by atoms with E-state index >= 15 is 0 Å². The standard InChI is InChI=1S/C19H18N2O2/c1-12-9-13(2)16(14(3)10-12)11-17-18(22)20-21(19(17)23)15-7-5-4-6-8-15/h4-11H,1-3H3,(H,20,22)/b17-11-. The summed E-state index contributed by atoms with van der Waals surface area (Å²) in [4.78, 5) is 24.8. The summed E-state index contributed by atoms with van der Waals surface area (Å²) < 4.78 is 0. The summed E-state index contributed by atoms with van der Waals surface area (Å²) in [6.07, 6.45) is 1.69.